The zero-order valence-electron chi connectivity index (χ0n) is 41.6. The van der Waals surface area contributed by atoms with Gasteiger partial charge in [-0.25, -0.2) is 17.5 Å². The average Bonchev–Trinajstić information content (AvgIpc) is 3.74. The number of carbonyl (C=O) groups is 1. The summed E-state index contributed by atoms with van der Waals surface area (Å²) in [6.07, 6.45) is 8.00. The summed E-state index contributed by atoms with van der Waals surface area (Å²) in [5.41, 5.74) is 3.48. The lowest BCUT2D eigenvalue weighted by Gasteiger charge is -2.57. The molecule has 2 saturated carbocycles. The van der Waals surface area contributed by atoms with Crippen molar-refractivity contribution in [1.29, 1.82) is 0 Å². The SMILES string of the molecule is CC(C)c1ccccc1[C@@H]1COCCN1C1CC2(CCN(c3ccc(S(=O)(=O)NC(=O)c4ccc(NC[C@H]5CC[C@](C)(O)CC5)c([N+](=O)[O-])c4)c(N4c5cc6c(F)c[nH]c6nc5O[C@H]5COCC[C@@H]54)c3)CC2)C1. The third kappa shape index (κ3) is 9.62. The van der Waals surface area contributed by atoms with Gasteiger partial charge in [0, 0.05) is 62.3 Å². The Labute approximate surface area is 425 Å². The molecule has 5 fully saturated rings. The smallest absolute Gasteiger partial charge is 0.293 e. The van der Waals surface area contributed by atoms with E-state index in [1.807, 2.05) is 17.9 Å². The summed E-state index contributed by atoms with van der Waals surface area (Å²) < 4.78 is 65.6. The molecule has 6 aliphatic rings. The number of nitro groups is 1. The average molecular weight is 1020 g/mol. The fraction of sp³-hybridized carbons (Fsp3) is 0.519. The van der Waals surface area contributed by atoms with Crippen molar-refractivity contribution in [3.05, 3.63) is 106 Å². The molecule has 1 spiro atoms. The molecule has 11 rings (SSSR count). The molecule has 0 unspecified atom stereocenters. The number of benzene rings is 3. The fourth-order valence-electron chi connectivity index (χ4n) is 12.6. The van der Waals surface area contributed by atoms with Crippen molar-refractivity contribution in [2.45, 2.75) is 119 Å². The van der Waals surface area contributed by atoms with Crippen LogP contribution in [0.15, 0.2) is 77.8 Å². The zero-order chi connectivity index (χ0) is 50.8. The summed E-state index contributed by atoms with van der Waals surface area (Å²) in [6.45, 7) is 11.1. The van der Waals surface area contributed by atoms with E-state index >= 15 is 4.39 Å². The Bertz CT molecular complexity index is 3010. The number of amides is 1. The van der Waals surface area contributed by atoms with Gasteiger partial charge < -0.3 is 39.4 Å². The highest BCUT2D eigenvalue weighted by molar-refractivity contribution is 7.90. The molecule has 5 aromatic rings. The number of nitrogens with zero attached hydrogens (tertiary/aromatic N) is 5. The first kappa shape index (κ1) is 49.4. The molecule has 4 N–H and O–H groups in total. The molecule has 17 nitrogen and oxygen atoms in total. The minimum Gasteiger partial charge on any atom is -0.468 e. The lowest BCUT2D eigenvalue weighted by molar-refractivity contribution is -0.384. The lowest BCUT2D eigenvalue weighted by atomic mass is 9.59. The predicted octanol–water partition coefficient (Wildman–Crippen LogP) is 8.72. The highest BCUT2D eigenvalue weighted by Gasteiger charge is 2.50. The number of nitro benzene ring substituents is 1. The number of pyridine rings is 1. The molecule has 6 heterocycles. The standard InChI is InChI=1S/C54H65FN8O9S/c1-33(2)38-6-4-5-7-39(38)47-31-71-23-21-61(47)37-27-54(28-37)17-19-60(20-18-54)36-9-11-49(45(25-36)62-43-14-22-70-32-48(43)72-52-46(62)26-40-41(55)30-57-50(40)58-52)73(68,69)59-51(64)35-8-10-42(44(24-35)63(66)67)56-29-34-12-15-53(3,65)16-13-34/h4-11,24-26,30,33-34,37,43,47-48,56,65H,12-23,27-29,31-32H2,1-3H3,(H,57,58)(H,59,64)/t34-,43-,47-,48-,53-/m0/s1. The number of anilines is 4. The van der Waals surface area contributed by atoms with Gasteiger partial charge in [-0.05, 0) is 129 Å². The van der Waals surface area contributed by atoms with E-state index in [0.717, 1.165) is 76.5 Å². The summed E-state index contributed by atoms with van der Waals surface area (Å²) in [6, 6.07) is 19.6. The Morgan fingerprint density at radius 2 is 1.74 bits per heavy atom. The number of rotatable bonds is 12. The second kappa shape index (κ2) is 19.4. The largest absolute Gasteiger partial charge is 0.468 e. The number of piperidine rings is 1. The third-order valence-corrected chi connectivity index (χ3v) is 18.1. The van der Waals surface area contributed by atoms with Crippen LogP contribution in [0.4, 0.5) is 32.8 Å². The third-order valence-electron chi connectivity index (χ3n) is 16.8. The summed E-state index contributed by atoms with van der Waals surface area (Å²) >= 11 is 0. The second-order valence-corrected chi connectivity index (χ2v) is 23.5. The van der Waals surface area contributed by atoms with Crippen LogP contribution >= 0.6 is 0 Å². The van der Waals surface area contributed by atoms with Crippen LogP contribution in [-0.4, -0.2) is 116 Å². The molecule has 73 heavy (non-hydrogen) atoms. The van der Waals surface area contributed by atoms with Crippen LogP contribution in [0.5, 0.6) is 5.88 Å². The van der Waals surface area contributed by atoms with Gasteiger partial charge in [-0.15, -0.1) is 0 Å². The zero-order valence-corrected chi connectivity index (χ0v) is 42.5. The van der Waals surface area contributed by atoms with Crippen molar-refractivity contribution in [3.63, 3.8) is 0 Å². The molecule has 3 saturated heterocycles. The molecule has 3 atom stereocenters. The molecule has 3 aromatic carbocycles. The first-order chi connectivity index (χ1) is 35.1. The van der Waals surface area contributed by atoms with Gasteiger partial charge in [0.15, 0.2) is 0 Å². The Kier molecular flexibility index (Phi) is 13.1. The number of hydrogen-bond donors (Lipinski definition) is 4. The number of H-pyrrole nitrogens is 1. The maximum Gasteiger partial charge on any atom is 0.293 e. The Balaban J connectivity index is 0.875. The van der Waals surface area contributed by atoms with E-state index in [1.54, 1.807) is 12.1 Å². The normalized spacial score (nSPS) is 25.5. The van der Waals surface area contributed by atoms with Crippen LogP contribution in [0.25, 0.3) is 11.0 Å². The van der Waals surface area contributed by atoms with Crippen molar-refractivity contribution in [2.75, 3.05) is 67.7 Å². The number of morpholine rings is 1. The molecule has 0 radical (unpaired) electrons. The van der Waals surface area contributed by atoms with E-state index in [4.69, 9.17) is 14.2 Å². The quantitative estimate of drug-likeness (QED) is 0.0682. The number of hydrogen-bond acceptors (Lipinski definition) is 14. The Morgan fingerprint density at radius 1 is 0.973 bits per heavy atom. The summed E-state index contributed by atoms with van der Waals surface area (Å²) in [5, 5.41) is 26.1. The molecule has 2 aromatic heterocycles. The molecular formula is C54H65FN8O9S. The second-order valence-electron chi connectivity index (χ2n) is 21.9. The van der Waals surface area contributed by atoms with Crippen LogP contribution in [0.1, 0.15) is 112 Å². The molecule has 0 bridgehead atoms. The van der Waals surface area contributed by atoms with E-state index in [0.29, 0.717) is 56.7 Å². The van der Waals surface area contributed by atoms with Gasteiger partial charge >= 0.3 is 0 Å². The van der Waals surface area contributed by atoms with E-state index in [2.05, 4.69) is 67.9 Å². The van der Waals surface area contributed by atoms with Crippen molar-refractivity contribution >= 4 is 55.4 Å². The molecule has 4 aliphatic heterocycles. The summed E-state index contributed by atoms with van der Waals surface area (Å²) in [5.74, 6) is -0.799. The number of aliphatic hydroxyl groups is 1. The number of halogens is 1. The first-order valence-electron chi connectivity index (χ1n) is 25.9. The van der Waals surface area contributed by atoms with Gasteiger partial charge in [0.1, 0.15) is 33.8 Å². The molecule has 1 amide bonds. The van der Waals surface area contributed by atoms with Gasteiger partial charge in [-0.2, -0.15) is 4.98 Å². The Morgan fingerprint density at radius 3 is 2.51 bits per heavy atom. The minimum atomic E-state index is -4.71. The number of ether oxygens (including phenoxy) is 3. The van der Waals surface area contributed by atoms with Crippen LogP contribution in [0.3, 0.4) is 0 Å². The topological polar surface area (TPSA) is 205 Å². The predicted molar refractivity (Wildman–Crippen MR) is 275 cm³/mol. The van der Waals surface area contributed by atoms with Crippen LogP contribution in [-0.2, 0) is 19.5 Å². The monoisotopic (exact) mass is 1020 g/mol. The highest BCUT2D eigenvalue weighted by atomic mass is 32.2. The van der Waals surface area contributed by atoms with E-state index in [9.17, 15) is 28.4 Å². The number of nitrogens with one attached hydrogen (secondary N) is 3. The van der Waals surface area contributed by atoms with E-state index in [-0.39, 0.29) is 68.4 Å². The van der Waals surface area contributed by atoms with Crippen LogP contribution < -0.4 is 24.6 Å². The lowest BCUT2D eigenvalue weighted by Crippen LogP contribution is -2.58. The summed E-state index contributed by atoms with van der Waals surface area (Å²) in [4.78, 5) is 39.9. The molecule has 2 aliphatic carbocycles. The number of carbonyl (C=O) groups excluding carboxylic acids is 1. The molecular weight excluding hydrogens is 956 g/mol. The maximum atomic E-state index is 15.3. The summed E-state index contributed by atoms with van der Waals surface area (Å²) in [7, 11) is -4.71. The van der Waals surface area contributed by atoms with Crippen LogP contribution in [0.2, 0.25) is 0 Å². The van der Waals surface area contributed by atoms with Gasteiger partial charge in [-0.3, -0.25) is 19.8 Å². The number of fused-ring (bicyclic) bond motifs is 3. The van der Waals surface area contributed by atoms with Gasteiger partial charge in [-0.1, -0.05) is 38.1 Å². The number of aromatic amines is 1. The van der Waals surface area contributed by atoms with Crippen molar-refractivity contribution in [1.82, 2.24) is 19.6 Å². The number of aromatic nitrogens is 2. The fourth-order valence-corrected chi connectivity index (χ4v) is 13.7. The van der Waals surface area contributed by atoms with Crippen molar-refractivity contribution < 1.29 is 41.8 Å². The van der Waals surface area contributed by atoms with Gasteiger partial charge in [0.2, 0.25) is 5.88 Å². The minimum absolute atomic E-state index is 0.171. The molecule has 19 heteroatoms. The Hall–Kier alpha value is -5.86. The molecule has 388 valence electrons. The van der Waals surface area contributed by atoms with Gasteiger partial charge in [0.05, 0.1) is 53.5 Å². The van der Waals surface area contributed by atoms with Gasteiger partial charge in [0.25, 0.3) is 21.6 Å². The first-order valence-corrected chi connectivity index (χ1v) is 27.4. The van der Waals surface area contributed by atoms with E-state index < -0.39 is 44.4 Å². The van der Waals surface area contributed by atoms with E-state index in [1.165, 1.54) is 35.5 Å². The highest BCUT2D eigenvalue weighted by Crippen LogP contribution is 2.54. The van der Waals surface area contributed by atoms with Crippen LogP contribution in [0, 0.1) is 27.3 Å². The van der Waals surface area contributed by atoms with Crippen molar-refractivity contribution in [2.24, 2.45) is 11.3 Å². The van der Waals surface area contributed by atoms with Crippen molar-refractivity contribution in [3.8, 4) is 5.88 Å². The number of sulfonamides is 1. The maximum absolute atomic E-state index is 15.3.